The minimum Gasteiger partial charge on any atom is -0.267 e. The number of aromatic nitrogens is 2. The van der Waals surface area contributed by atoms with Crippen LogP contribution in [0.15, 0.2) is 65.5 Å². The molecule has 3 rings (SSSR count). The van der Waals surface area contributed by atoms with E-state index in [9.17, 15) is 4.79 Å². The van der Waals surface area contributed by atoms with Gasteiger partial charge in [0, 0.05) is 5.02 Å². The molecule has 0 amide bonds. The molecular weight excluding hydrogens is 319 g/mol. The van der Waals surface area contributed by atoms with Crippen molar-refractivity contribution in [1.82, 2.24) is 9.78 Å². The molecule has 0 aliphatic heterocycles. The molecule has 0 fully saturated rings. The van der Waals surface area contributed by atoms with Crippen LogP contribution >= 0.6 is 23.2 Å². The Hall–Kier alpha value is -2.10. The summed E-state index contributed by atoms with van der Waals surface area (Å²) in [5, 5.41) is 4.95. The Kier molecular flexibility index (Phi) is 4.27. The first-order valence-electron chi connectivity index (χ1n) is 6.71. The monoisotopic (exact) mass is 330 g/mol. The van der Waals surface area contributed by atoms with Gasteiger partial charge in [0.1, 0.15) is 0 Å². The quantitative estimate of drug-likeness (QED) is 0.718. The minimum atomic E-state index is -0.199. The normalized spacial score (nSPS) is 10.6. The van der Waals surface area contributed by atoms with Crippen LogP contribution in [0.3, 0.4) is 0 Å². The third-order valence-corrected chi connectivity index (χ3v) is 3.68. The SMILES string of the molecule is O=c1c(-c2cccc(Cl)c2)cc(Cl)nn1Cc1ccccc1. The van der Waals surface area contributed by atoms with Gasteiger partial charge >= 0.3 is 0 Å². The Morgan fingerprint density at radius 3 is 2.45 bits per heavy atom. The van der Waals surface area contributed by atoms with Gasteiger partial charge in [0.05, 0.1) is 12.1 Å². The molecule has 1 aromatic heterocycles. The second-order valence-corrected chi connectivity index (χ2v) is 5.66. The summed E-state index contributed by atoms with van der Waals surface area (Å²) in [4.78, 5) is 12.6. The predicted octanol–water partition coefficient (Wildman–Crippen LogP) is 4.27. The number of hydrogen-bond acceptors (Lipinski definition) is 2. The van der Waals surface area contributed by atoms with Gasteiger partial charge in [-0.1, -0.05) is 65.7 Å². The summed E-state index contributed by atoms with van der Waals surface area (Å²) in [7, 11) is 0. The maximum atomic E-state index is 12.6. The summed E-state index contributed by atoms with van der Waals surface area (Å²) in [6, 6.07) is 18.3. The van der Waals surface area contributed by atoms with Gasteiger partial charge in [-0.15, -0.1) is 0 Å². The van der Waals surface area contributed by atoms with Crippen LogP contribution in [0.1, 0.15) is 5.56 Å². The van der Waals surface area contributed by atoms with Gasteiger partial charge in [-0.3, -0.25) is 4.79 Å². The van der Waals surface area contributed by atoms with E-state index in [2.05, 4.69) is 5.10 Å². The molecule has 110 valence electrons. The third-order valence-electron chi connectivity index (χ3n) is 3.26. The van der Waals surface area contributed by atoms with Crippen molar-refractivity contribution in [2.24, 2.45) is 0 Å². The summed E-state index contributed by atoms with van der Waals surface area (Å²) in [6.07, 6.45) is 0. The Balaban J connectivity index is 2.08. The zero-order valence-electron chi connectivity index (χ0n) is 11.5. The summed E-state index contributed by atoms with van der Waals surface area (Å²) in [5.74, 6) is 0. The standard InChI is InChI=1S/C17H12Cl2N2O/c18-14-8-4-7-13(9-14)15-10-16(19)20-21(17(15)22)11-12-5-2-1-3-6-12/h1-10H,11H2. The fourth-order valence-corrected chi connectivity index (χ4v) is 2.63. The van der Waals surface area contributed by atoms with Crippen LogP contribution in [0.5, 0.6) is 0 Å². The van der Waals surface area contributed by atoms with E-state index >= 15 is 0 Å². The minimum absolute atomic E-state index is 0.199. The molecule has 1 heterocycles. The van der Waals surface area contributed by atoms with Crippen molar-refractivity contribution in [3.63, 3.8) is 0 Å². The Morgan fingerprint density at radius 1 is 0.955 bits per heavy atom. The summed E-state index contributed by atoms with van der Waals surface area (Å²) in [6.45, 7) is 0.369. The average molecular weight is 331 g/mol. The summed E-state index contributed by atoms with van der Waals surface area (Å²) in [5.41, 5.74) is 1.99. The summed E-state index contributed by atoms with van der Waals surface area (Å²) >= 11 is 12.1. The molecule has 2 aromatic carbocycles. The van der Waals surface area contributed by atoms with E-state index in [0.717, 1.165) is 11.1 Å². The van der Waals surface area contributed by atoms with Crippen molar-refractivity contribution in [3.8, 4) is 11.1 Å². The third kappa shape index (κ3) is 3.21. The van der Waals surface area contributed by atoms with Crippen molar-refractivity contribution in [3.05, 3.63) is 86.8 Å². The van der Waals surface area contributed by atoms with Crippen molar-refractivity contribution < 1.29 is 0 Å². The molecule has 0 saturated carbocycles. The van der Waals surface area contributed by atoms with Crippen LogP contribution in [-0.2, 0) is 6.54 Å². The Labute approximate surface area is 137 Å². The molecule has 0 bridgehead atoms. The molecule has 0 spiro atoms. The van der Waals surface area contributed by atoms with Gasteiger partial charge < -0.3 is 0 Å². The van der Waals surface area contributed by atoms with E-state index in [1.807, 2.05) is 36.4 Å². The van der Waals surface area contributed by atoms with Gasteiger partial charge in [-0.2, -0.15) is 5.10 Å². The molecule has 22 heavy (non-hydrogen) atoms. The number of hydrogen-bond donors (Lipinski definition) is 0. The lowest BCUT2D eigenvalue weighted by molar-refractivity contribution is 0.641. The lowest BCUT2D eigenvalue weighted by atomic mass is 10.1. The molecule has 3 nitrogen and oxygen atoms in total. The van der Waals surface area contributed by atoms with Crippen molar-refractivity contribution >= 4 is 23.2 Å². The van der Waals surface area contributed by atoms with Crippen LogP contribution in [0, 0.1) is 0 Å². The second-order valence-electron chi connectivity index (χ2n) is 4.84. The first kappa shape index (κ1) is 14.8. The first-order chi connectivity index (χ1) is 10.6. The van der Waals surface area contributed by atoms with E-state index in [1.54, 1.807) is 24.3 Å². The van der Waals surface area contributed by atoms with E-state index in [0.29, 0.717) is 17.1 Å². The van der Waals surface area contributed by atoms with E-state index in [-0.39, 0.29) is 10.7 Å². The van der Waals surface area contributed by atoms with Gasteiger partial charge in [-0.05, 0) is 29.3 Å². The van der Waals surface area contributed by atoms with E-state index in [4.69, 9.17) is 23.2 Å². The van der Waals surface area contributed by atoms with Gasteiger partial charge in [0.2, 0.25) is 0 Å². The van der Waals surface area contributed by atoms with Crippen molar-refractivity contribution in [1.29, 1.82) is 0 Å². The van der Waals surface area contributed by atoms with Crippen molar-refractivity contribution in [2.75, 3.05) is 0 Å². The molecule has 3 aromatic rings. The number of rotatable bonds is 3. The van der Waals surface area contributed by atoms with Crippen LogP contribution in [0.25, 0.3) is 11.1 Å². The Bertz CT molecular complexity index is 860. The second kappa shape index (κ2) is 6.34. The van der Waals surface area contributed by atoms with Gasteiger partial charge in [0.15, 0.2) is 5.15 Å². The highest BCUT2D eigenvalue weighted by Gasteiger charge is 2.10. The lowest BCUT2D eigenvalue weighted by Gasteiger charge is -2.09. The van der Waals surface area contributed by atoms with Crippen LogP contribution < -0.4 is 5.56 Å². The number of benzene rings is 2. The molecule has 0 atom stereocenters. The fourth-order valence-electron chi connectivity index (χ4n) is 2.24. The van der Waals surface area contributed by atoms with Crippen LogP contribution in [0.4, 0.5) is 0 Å². The van der Waals surface area contributed by atoms with Gasteiger partial charge in [-0.25, -0.2) is 4.68 Å². The maximum absolute atomic E-state index is 12.6. The molecule has 5 heteroatoms. The smallest absolute Gasteiger partial charge is 0.267 e. The maximum Gasteiger partial charge on any atom is 0.275 e. The highest BCUT2D eigenvalue weighted by atomic mass is 35.5. The topological polar surface area (TPSA) is 34.9 Å². The number of halogens is 2. The van der Waals surface area contributed by atoms with Crippen molar-refractivity contribution in [2.45, 2.75) is 6.54 Å². The Morgan fingerprint density at radius 2 is 1.73 bits per heavy atom. The van der Waals surface area contributed by atoms with E-state index in [1.165, 1.54) is 4.68 Å². The molecule has 0 aliphatic rings. The number of nitrogens with zero attached hydrogens (tertiary/aromatic N) is 2. The highest BCUT2D eigenvalue weighted by molar-refractivity contribution is 6.31. The summed E-state index contributed by atoms with van der Waals surface area (Å²) < 4.78 is 1.37. The molecule has 0 unspecified atom stereocenters. The molecular formula is C17H12Cl2N2O. The lowest BCUT2D eigenvalue weighted by Crippen LogP contribution is -2.25. The zero-order valence-corrected chi connectivity index (χ0v) is 13.1. The molecule has 0 aliphatic carbocycles. The molecule has 0 N–H and O–H groups in total. The predicted molar refractivity (Wildman–Crippen MR) is 89.5 cm³/mol. The zero-order chi connectivity index (χ0) is 15.5. The largest absolute Gasteiger partial charge is 0.275 e. The highest BCUT2D eigenvalue weighted by Crippen LogP contribution is 2.21. The van der Waals surface area contributed by atoms with Crippen LogP contribution in [0.2, 0.25) is 10.2 Å². The van der Waals surface area contributed by atoms with Crippen LogP contribution in [-0.4, -0.2) is 9.78 Å². The first-order valence-corrected chi connectivity index (χ1v) is 7.46. The molecule has 0 radical (unpaired) electrons. The molecule has 0 saturated heterocycles. The van der Waals surface area contributed by atoms with E-state index < -0.39 is 0 Å². The fraction of sp³-hybridized carbons (Fsp3) is 0.0588. The average Bonchev–Trinajstić information content (AvgIpc) is 2.51. The van der Waals surface area contributed by atoms with Gasteiger partial charge in [0.25, 0.3) is 5.56 Å².